The molecular weight excluding hydrogens is 234 g/mol. The summed E-state index contributed by atoms with van der Waals surface area (Å²) in [5.74, 6) is -0.00766. The molecule has 2 rings (SSSR count). The minimum absolute atomic E-state index is 0.00766. The summed E-state index contributed by atoms with van der Waals surface area (Å²) in [4.78, 5) is 15.1. The molecule has 0 unspecified atom stereocenters. The van der Waals surface area contributed by atoms with Gasteiger partial charge < -0.3 is 10.6 Å². The summed E-state index contributed by atoms with van der Waals surface area (Å²) in [7, 11) is 0. The first-order valence-corrected chi connectivity index (χ1v) is 6.32. The van der Waals surface area contributed by atoms with Crippen molar-refractivity contribution in [1.29, 1.82) is 0 Å². The van der Waals surface area contributed by atoms with Crippen molar-refractivity contribution in [2.24, 2.45) is 0 Å². The van der Waals surface area contributed by atoms with Gasteiger partial charge in [0.05, 0.1) is 10.2 Å². The number of hydrogen-bond donors (Lipinski definition) is 2. The van der Waals surface area contributed by atoms with E-state index in [1.54, 1.807) is 11.3 Å². The van der Waals surface area contributed by atoms with Crippen LogP contribution in [0.15, 0.2) is 18.2 Å². The average Bonchev–Trinajstić information content (AvgIpc) is 2.66. The van der Waals surface area contributed by atoms with E-state index in [4.69, 9.17) is 0 Å². The average molecular weight is 249 g/mol. The molecule has 5 heteroatoms. The number of nitrogens with one attached hydrogen (secondary N) is 2. The number of nitrogens with zero attached hydrogens (tertiary/aromatic N) is 1. The van der Waals surface area contributed by atoms with Gasteiger partial charge in [0, 0.05) is 20.0 Å². The molecule has 1 aromatic heterocycles. The fourth-order valence-corrected chi connectivity index (χ4v) is 2.51. The summed E-state index contributed by atoms with van der Waals surface area (Å²) < 4.78 is 1.19. The maximum Gasteiger partial charge on any atom is 0.216 e. The summed E-state index contributed by atoms with van der Waals surface area (Å²) in [6.07, 6.45) is 0. The number of aromatic nitrogens is 1. The largest absolute Gasteiger partial charge is 0.360 e. The van der Waals surface area contributed by atoms with E-state index in [0.29, 0.717) is 13.1 Å². The van der Waals surface area contributed by atoms with Crippen LogP contribution in [0.2, 0.25) is 0 Å². The maximum absolute atomic E-state index is 10.7. The first-order chi connectivity index (χ1) is 8.15. The van der Waals surface area contributed by atoms with Gasteiger partial charge in [-0.3, -0.25) is 4.79 Å². The summed E-state index contributed by atoms with van der Waals surface area (Å²) >= 11 is 1.64. The fraction of sp³-hybridized carbons (Fsp3) is 0.333. The number of hydrogen-bond acceptors (Lipinski definition) is 4. The van der Waals surface area contributed by atoms with Crippen LogP contribution in [0.3, 0.4) is 0 Å². The van der Waals surface area contributed by atoms with Gasteiger partial charge in [0.2, 0.25) is 5.91 Å². The number of carbonyl (C=O) groups is 1. The number of benzene rings is 1. The van der Waals surface area contributed by atoms with Crippen LogP contribution >= 0.6 is 11.3 Å². The standard InChI is InChI=1S/C12H15N3OS/c1-8-3-4-10-11(7-8)17-12(15-10)14-6-5-13-9(2)16/h3-4,7H,5-6H2,1-2H3,(H,13,16)(H,14,15). The molecular formula is C12H15N3OS. The van der Waals surface area contributed by atoms with Crippen molar-refractivity contribution in [1.82, 2.24) is 10.3 Å². The molecule has 4 nitrogen and oxygen atoms in total. The lowest BCUT2D eigenvalue weighted by Crippen LogP contribution is -2.26. The third-order valence-corrected chi connectivity index (χ3v) is 3.29. The summed E-state index contributed by atoms with van der Waals surface area (Å²) in [5.41, 5.74) is 2.26. The lowest BCUT2D eigenvalue weighted by Gasteiger charge is -2.02. The molecule has 0 aliphatic heterocycles. The van der Waals surface area contributed by atoms with Crippen LogP contribution in [0.4, 0.5) is 5.13 Å². The number of thiazole rings is 1. The third kappa shape index (κ3) is 3.17. The lowest BCUT2D eigenvalue weighted by atomic mass is 10.2. The van der Waals surface area contributed by atoms with Gasteiger partial charge in [-0.25, -0.2) is 4.98 Å². The monoisotopic (exact) mass is 249 g/mol. The van der Waals surface area contributed by atoms with Crippen LogP contribution in [0, 0.1) is 6.92 Å². The highest BCUT2D eigenvalue weighted by Gasteiger charge is 2.02. The third-order valence-electron chi connectivity index (χ3n) is 2.32. The van der Waals surface area contributed by atoms with E-state index in [1.807, 2.05) is 6.07 Å². The molecule has 90 valence electrons. The summed E-state index contributed by atoms with van der Waals surface area (Å²) in [5, 5.41) is 6.83. The van der Waals surface area contributed by atoms with Gasteiger partial charge >= 0.3 is 0 Å². The number of amides is 1. The molecule has 0 saturated heterocycles. The predicted molar refractivity (Wildman–Crippen MR) is 71.5 cm³/mol. The number of carbonyl (C=O) groups excluding carboxylic acids is 1. The molecule has 2 aromatic rings. The van der Waals surface area contributed by atoms with Gasteiger partial charge in [-0.2, -0.15) is 0 Å². The Morgan fingerprint density at radius 2 is 2.24 bits per heavy atom. The Balaban J connectivity index is 1.97. The molecule has 0 spiro atoms. The Bertz CT molecular complexity index is 536. The molecule has 0 radical (unpaired) electrons. The molecule has 0 bridgehead atoms. The van der Waals surface area contributed by atoms with E-state index in [-0.39, 0.29) is 5.91 Å². The van der Waals surface area contributed by atoms with Crippen LogP contribution in [-0.2, 0) is 4.79 Å². The Kier molecular flexibility index (Phi) is 3.58. The molecule has 17 heavy (non-hydrogen) atoms. The van der Waals surface area contributed by atoms with Crippen LogP contribution in [0.1, 0.15) is 12.5 Å². The zero-order chi connectivity index (χ0) is 12.3. The van der Waals surface area contributed by atoms with Crippen molar-refractivity contribution in [2.75, 3.05) is 18.4 Å². The van der Waals surface area contributed by atoms with Gasteiger partial charge in [0.1, 0.15) is 0 Å². The quantitative estimate of drug-likeness (QED) is 0.816. The second kappa shape index (κ2) is 5.14. The second-order valence-corrected chi connectivity index (χ2v) is 4.93. The van der Waals surface area contributed by atoms with Gasteiger partial charge in [0.15, 0.2) is 5.13 Å². The van der Waals surface area contributed by atoms with Crippen LogP contribution in [0.5, 0.6) is 0 Å². The minimum Gasteiger partial charge on any atom is -0.360 e. The van der Waals surface area contributed by atoms with Crippen LogP contribution in [0.25, 0.3) is 10.2 Å². The molecule has 0 aliphatic rings. The van der Waals surface area contributed by atoms with Gasteiger partial charge in [-0.15, -0.1) is 0 Å². The van der Waals surface area contributed by atoms with Crippen molar-refractivity contribution in [3.8, 4) is 0 Å². The van der Waals surface area contributed by atoms with Crippen molar-refractivity contribution >= 4 is 32.6 Å². The molecule has 0 saturated carbocycles. The van der Waals surface area contributed by atoms with E-state index in [0.717, 1.165) is 10.6 Å². The predicted octanol–water partition coefficient (Wildman–Crippen LogP) is 2.15. The zero-order valence-corrected chi connectivity index (χ0v) is 10.7. The first-order valence-electron chi connectivity index (χ1n) is 5.50. The summed E-state index contributed by atoms with van der Waals surface area (Å²) in [6.45, 7) is 4.90. The summed E-state index contributed by atoms with van der Waals surface area (Å²) in [6, 6.07) is 6.22. The number of anilines is 1. The first kappa shape index (κ1) is 11.9. The molecule has 0 aliphatic carbocycles. The van der Waals surface area contributed by atoms with Crippen molar-refractivity contribution in [2.45, 2.75) is 13.8 Å². The topological polar surface area (TPSA) is 54.0 Å². The normalized spacial score (nSPS) is 10.5. The Morgan fingerprint density at radius 1 is 1.41 bits per heavy atom. The number of rotatable bonds is 4. The van der Waals surface area contributed by atoms with Gasteiger partial charge in [-0.05, 0) is 24.6 Å². The minimum atomic E-state index is -0.00766. The van der Waals surface area contributed by atoms with Crippen molar-refractivity contribution < 1.29 is 4.79 Å². The van der Waals surface area contributed by atoms with E-state index < -0.39 is 0 Å². The highest BCUT2D eigenvalue weighted by molar-refractivity contribution is 7.22. The highest BCUT2D eigenvalue weighted by atomic mass is 32.1. The maximum atomic E-state index is 10.7. The van der Waals surface area contributed by atoms with E-state index >= 15 is 0 Å². The van der Waals surface area contributed by atoms with E-state index in [1.165, 1.54) is 17.2 Å². The van der Waals surface area contributed by atoms with Crippen LogP contribution in [-0.4, -0.2) is 24.0 Å². The Hall–Kier alpha value is -1.62. The molecule has 0 fully saturated rings. The SMILES string of the molecule is CC(=O)NCCNc1nc2ccc(C)cc2s1. The fourth-order valence-electron chi connectivity index (χ4n) is 1.52. The van der Waals surface area contributed by atoms with Crippen molar-refractivity contribution in [3.63, 3.8) is 0 Å². The number of fused-ring (bicyclic) bond motifs is 1. The second-order valence-electron chi connectivity index (χ2n) is 3.90. The molecule has 0 atom stereocenters. The van der Waals surface area contributed by atoms with Gasteiger partial charge in [-0.1, -0.05) is 17.4 Å². The Morgan fingerprint density at radius 3 is 3.00 bits per heavy atom. The highest BCUT2D eigenvalue weighted by Crippen LogP contribution is 2.26. The van der Waals surface area contributed by atoms with Crippen molar-refractivity contribution in [3.05, 3.63) is 23.8 Å². The van der Waals surface area contributed by atoms with Gasteiger partial charge in [0.25, 0.3) is 0 Å². The zero-order valence-electron chi connectivity index (χ0n) is 9.91. The molecule has 1 amide bonds. The lowest BCUT2D eigenvalue weighted by molar-refractivity contribution is -0.118. The molecule has 1 heterocycles. The molecule has 2 N–H and O–H groups in total. The smallest absolute Gasteiger partial charge is 0.216 e. The Labute approximate surface area is 104 Å². The number of aryl methyl sites for hydroxylation is 1. The van der Waals surface area contributed by atoms with Crippen LogP contribution < -0.4 is 10.6 Å². The van der Waals surface area contributed by atoms with E-state index in [2.05, 4.69) is 34.7 Å². The van der Waals surface area contributed by atoms with E-state index in [9.17, 15) is 4.79 Å². The molecule has 1 aromatic carbocycles.